The molecule has 50 heavy (non-hydrogen) atoms. The van der Waals surface area contributed by atoms with E-state index in [1.807, 2.05) is 0 Å². The summed E-state index contributed by atoms with van der Waals surface area (Å²) in [5.74, 6) is 0. The van der Waals surface area contributed by atoms with E-state index in [2.05, 4.69) is 0 Å². The van der Waals surface area contributed by atoms with Gasteiger partial charge in [0.1, 0.15) is 0 Å². The fourth-order valence-electron chi connectivity index (χ4n) is 2.83. The van der Waals surface area contributed by atoms with Crippen molar-refractivity contribution in [2.75, 3.05) is 26.4 Å². The first-order valence-electron chi connectivity index (χ1n) is 13.0. The normalized spacial score (nSPS) is 11.4. The Morgan fingerprint density at radius 2 is 0.540 bits per heavy atom. The Balaban J connectivity index is 0.000000316. The number of rotatable bonds is 4. The van der Waals surface area contributed by atoms with Crippen LogP contribution in [0.1, 0.15) is 0 Å². The third kappa shape index (κ3) is 17.1. The van der Waals surface area contributed by atoms with Crippen LogP contribution in [0.2, 0.25) is 40.2 Å². The summed E-state index contributed by atoms with van der Waals surface area (Å²) in [7, 11) is 0. The van der Waals surface area contributed by atoms with E-state index in [1.165, 1.54) is 72.8 Å². The second-order valence-corrected chi connectivity index (χ2v) is 11.9. The molecule has 14 nitrogen and oxygen atoms in total. The molecule has 1 heterocycles. The topological polar surface area (TPSA) is 191 Å². The van der Waals surface area contributed by atoms with E-state index in [0.717, 1.165) is 26.4 Å². The molecule has 268 valence electrons. The third-order valence-electron chi connectivity index (χ3n) is 5.20. The predicted octanol–water partition coefficient (Wildman–Crippen LogP) is 11.6. The quantitative estimate of drug-likeness (QED) is 0.141. The minimum absolute atomic E-state index is 0.0561. The lowest BCUT2D eigenvalue weighted by molar-refractivity contribution is -0.385. The summed E-state index contributed by atoms with van der Waals surface area (Å²) in [6.07, 6.45) is 0. The van der Waals surface area contributed by atoms with E-state index >= 15 is 0 Å². The van der Waals surface area contributed by atoms with Crippen LogP contribution < -0.4 is 0 Å². The van der Waals surface area contributed by atoms with Crippen LogP contribution in [-0.2, 0) is 9.47 Å². The van der Waals surface area contributed by atoms with Crippen LogP contribution in [0.5, 0.6) is 0 Å². The number of nitro benzene ring substituents is 4. The fourth-order valence-corrected chi connectivity index (χ4v) is 4.00. The maximum Gasteiger partial charge on any atom is 0.271 e. The van der Waals surface area contributed by atoms with Gasteiger partial charge in [-0.1, -0.05) is 92.8 Å². The van der Waals surface area contributed by atoms with Crippen molar-refractivity contribution in [3.8, 4) is 0 Å². The van der Waals surface area contributed by atoms with Crippen molar-refractivity contribution >= 4 is 116 Å². The average molecular weight is 856 g/mol. The highest BCUT2D eigenvalue weighted by molar-refractivity contribution is 6.43. The van der Waals surface area contributed by atoms with Gasteiger partial charge in [0.05, 0.1) is 86.3 Å². The summed E-state index contributed by atoms with van der Waals surface area (Å²) in [6.45, 7) is 3.11. The van der Waals surface area contributed by atoms with Gasteiger partial charge in [0.15, 0.2) is 0 Å². The SMILES string of the molecule is C1COCCO1.O=[N+]([O-])c1ccc(Cl)c(Cl)c1.O=[N+]([O-])c1ccc(Cl)c(Cl)c1.O=[N+]([O-])c1ccc(Cl)c(Cl)c1.O=[N+]([O-])c1ccc(Cl)c(Cl)c1. The van der Waals surface area contributed by atoms with Crippen LogP contribution in [-0.4, -0.2) is 46.1 Å². The van der Waals surface area contributed by atoms with Crippen molar-refractivity contribution in [2.45, 2.75) is 0 Å². The maximum absolute atomic E-state index is 10.2. The van der Waals surface area contributed by atoms with Crippen LogP contribution >= 0.6 is 92.8 Å². The number of ether oxygens (including phenoxy) is 2. The van der Waals surface area contributed by atoms with Crippen molar-refractivity contribution in [2.24, 2.45) is 0 Å². The van der Waals surface area contributed by atoms with Gasteiger partial charge in [0.25, 0.3) is 22.7 Å². The van der Waals surface area contributed by atoms with Crippen LogP contribution in [0, 0.1) is 40.5 Å². The molecule has 5 rings (SSSR count). The number of benzene rings is 4. The molecule has 4 aromatic rings. The van der Waals surface area contributed by atoms with Crippen molar-refractivity contribution in [3.05, 3.63) is 153 Å². The maximum atomic E-state index is 10.2. The van der Waals surface area contributed by atoms with E-state index in [-0.39, 0.29) is 42.8 Å². The van der Waals surface area contributed by atoms with Crippen molar-refractivity contribution < 1.29 is 29.2 Å². The second-order valence-electron chi connectivity index (χ2n) is 8.65. The van der Waals surface area contributed by atoms with Gasteiger partial charge < -0.3 is 9.47 Å². The Bertz CT molecular complexity index is 1540. The number of nitrogens with zero attached hydrogens (tertiary/aromatic N) is 4. The fraction of sp³-hybridized carbons (Fsp3) is 0.143. The van der Waals surface area contributed by atoms with Crippen molar-refractivity contribution in [1.29, 1.82) is 0 Å². The third-order valence-corrected chi connectivity index (χ3v) is 8.16. The van der Waals surface area contributed by atoms with E-state index in [9.17, 15) is 40.5 Å². The molecule has 0 amide bonds. The minimum Gasteiger partial charge on any atom is -0.377 e. The molecule has 1 aliphatic heterocycles. The summed E-state index contributed by atoms with van der Waals surface area (Å²) in [4.78, 5) is 38.6. The van der Waals surface area contributed by atoms with Gasteiger partial charge >= 0.3 is 0 Å². The lowest BCUT2D eigenvalue weighted by Gasteiger charge is -2.09. The number of halogens is 8. The Morgan fingerprint density at radius 1 is 0.360 bits per heavy atom. The van der Waals surface area contributed by atoms with Crippen molar-refractivity contribution in [3.63, 3.8) is 0 Å². The molecule has 1 aliphatic rings. The van der Waals surface area contributed by atoms with Crippen molar-refractivity contribution in [1.82, 2.24) is 0 Å². The zero-order valence-corrected chi connectivity index (χ0v) is 30.7. The first-order chi connectivity index (χ1) is 23.4. The van der Waals surface area contributed by atoms with E-state index in [4.69, 9.17) is 102 Å². The van der Waals surface area contributed by atoms with Gasteiger partial charge in [-0.3, -0.25) is 40.5 Å². The molecule has 0 radical (unpaired) electrons. The molecular weight excluding hydrogens is 836 g/mol. The van der Waals surface area contributed by atoms with E-state index < -0.39 is 19.7 Å². The molecule has 0 unspecified atom stereocenters. The largest absolute Gasteiger partial charge is 0.377 e. The molecule has 0 N–H and O–H groups in total. The van der Waals surface area contributed by atoms with Crippen LogP contribution in [0.15, 0.2) is 72.8 Å². The summed E-state index contributed by atoms with van der Waals surface area (Å²) in [5.41, 5.74) is -0.224. The van der Waals surface area contributed by atoms with Gasteiger partial charge in [-0.2, -0.15) is 0 Å². The Labute approximate surface area is 322 Å². The minimum atomic E-state index is -0.526. The summed E-state index contributed by atoms with van der Waals surface area (Å²) < 4.78 is 9.89. The second kappa shape index (κ2) is 23.2. The van der Waals surface area contributed by atoms with Crippen LogP contribution in [0.4, 0.5) is 22.7 Å². The average Bonchev–Trinajstić information content (AvgIpc) is 3.08. The van der Waals surface area contributed by atoms with Crippen LogP contribution in [0.3, 0.4) is 0 Å². The molecule has 0 spiro atoms. The highest BCUT2D eigenvalue weighted by Crippen LogP contribution is 2.28. The molecule has 0 saturated carbocycles. The molecular formula is C28H20Cl8N4O10. The first-order valence-corrected chi connectivity index (χ1v) is 16.0. The highest BCUT2D eigenvalue weighted by atomic mass is 35.5. The number of non-ortho nitro benzene ring substituents is 4. The first kappa shape index (κ1) is 44.7. The summed E-state index contributed by atoms with van der Waals surface area (Å²) >= 11 is 44.2. The van der Waals surface area contributed by atoms with Gasteiger partial charge in [-0.15, -0.1) is 0 Å². The number of nitro groups is 4. The standard InChI is InChI=1S/4C6H3Cl2NO2.C4H8O2/c4*7-5-2-1-4(9(10)11)3-6(5)8;1-2-6-4-3-5-1/h4*1-3H;1-4H2. The molecule has 1 saturated heterocycles. The monoisotopic (exact) mass is 852 g/mol. The molecule has 0 bridgehead atoms. The number of hydrogen-bond donors (Lipinski definition) is 0. The predicted molar refractivity (Wildman–Crippen MR) is 194 cm³/mol. The zero-order valence-electron chi connectivity index (χ0n) is 24.7. The van der Waals surface area contributed by atoms with Gasteiger partial charge in [0.2, 0.25) is 0 Å². The Hall–Kier alpha value is -3.28. The molecule has 1 fully saturated rings. The van der Waals surface area contributed by atoms with E-state index in [0.29, 0.717) is 20.1 Å². The Kier molecular flexibility index (Phi) is 20.8. The molecule has 0 aliphatic carbocycles. The molecule has 0 aromatic heterocycles. The molecule has 4 aromatic carbocycles. The summed E-state index contributed by atoms with van der Waals surface area (Å²) in [5, 5.41) is 42.7. The van der Waals surface area contributed by atoms with Gasteiger partial charge in [0, 0.05) is 48.5 Å². The lowest BCUT2D eigenvalue weighted by atomic mass is 10.3. The molecule has 22 heteroatoms. The molecule has 0 atom stereocenters. The smallest absolute Gasteiger partial charge is 0.271 e. The lowest BCUT2D eigenvalue weighted by Crippen LogP contribution is -2.16. The van der Waals surface area contributed by atoms with E-state index in [1.54, 1.807) is 0 Å². The zero-order chi connectivity index (χ0) is 38.0. The number of hydrogen-bond acceptors (Lipinski definition) is 10. The Morgan fingerprint density at radius 3 is 0.660 bits per heavy atom. The van der Waals surface area contributed by atoms with Gasteiger partial charge in [-0.25, -0.2) is 0 Å². The van der Waals surface area contributed by atoms with Crippen LogP contribution in [0.25, 0.3) is 0 Å². The summed E-state index contributed by atoms with van der Waals surface area (Å²) in [6, 6.07) is 15.6. The van der Waals surface area contributed by atoms with Gasteiger partial charge in [-0.05, 0) is 24.3 Å². The highest BCUT2D eigenvalue weighted by Gasteiger charge is 2.09.